The zero-order chi connectivity index (χ0) is 20.2. The van der Waals surface area contributed by atoms with Gasteiger partial charge < -0.3 is 10.3 Å². The first-order chi connectivity index (χ1) is 14.1. The van der Waals surface area contributed by atoms with Crippen molar-refractivity contribution in [1.29, 1.82) is 0 Å². The van der Waals surface area contributed by atoms with Crippen molar-refractivity contribution >= 4 is 28.3 Å². The van der Waals surface area contributed by atoms with Gasteiger partial charge in [-0.25, -0.2) is 0 Å². The Morgan fingerprint density at radius 2 is 1.52 bits per heavy atom. The minimum Gasteiger partial charge on any atom is -0.358 e. The topological polar surface area (TPSA) is 68.4 Å². The van der Waals surface area contributed by atoms with E-state index in [1.807, 2.05) is 61.5 Å². The third-order valence-electron chi connectivity index (χ3n) is 5.43. The van der Waals surface area contributed by atoms with Gasteiger partial charge in [0.1, 0.15) is 0 Å². The number of Topliss-reactive ketones (excluding diaryl/α,β-unsaturated/α-hetero) is 1. The Labute approximate surface area is 170 Å². The molecule has 1 amide bonds. The molecule has 2 N–H and O–H groups in total. The zero-order valence-corrected chi connectivity index (χ0v) is 16.6. The Hall–Kier alpha value is -2.96. The van der Waals surface area contributed by atoms with E-state index in [9.17, 15) is 9.59 Å². The third-order valence-corrected chi connectivity index (χ3v) is 5.43. The highest BCUT2D eigenvalue weighted by Gasteiger charge is 2.23. The number of carbonyl (C=O) groups is 2. The van der Waals surface area contributed by atoms with Crippen LogP contribution in [-0.2, 0) is 4.79 Å². The summed E-state index contributed by atoms with van der Waals surface area (Å²) in [5, 5.41) is 3.91. The number of anilines is 1. The summed E-state index contributed by atoms with van der Waals surface area (Å²) < 4.78 is 0. The average Bonchev–Trinajstić information content (AvgIpc) is 3.06. The number of hydrogen-bond donors (Lipinski definition) is 2. The molecule has 0 radical (unpaired) electrons. The molecular formula is C23H26N4O2. The van der Waals surface area contributed by atoms with E-state index >= 15 is 0 Å². The second-order valence-corrected chi connectivity index (χ2v) is 7.56. The predicted molar refractivity (Wildman–Crippen MR) is 115 cm³/mol. The second kappa shape index (κ2) is 8.59. The Morgan fingerprint density at radius 3 is 2.24 bits per heavy atom. The van der Waals surface area contributed by atoms with Gasteiger partial charge >= 0.3 is 0 Å². The van der Waals surface area contributed by atoms with Gasteiger partial charge in [-0.3, -0.25) is 19.4 Å². The maximum absolute atomic E-state index is 12.9. The average molecular weight is 390 g/mol. The van der Waals surface area contributed by atoms with Crippen LogP contribution in [0.5, 0.6) is 0 Å². The fraction of sp³-hybridized carbons (Fsp3) is 0.304. The lowest BCUT2D eigenvalue weighted by molar-refractivity contribution is -0.117. The minimum absolute atomic E-state index is 0.00450. The van der Waals surface area contributed by atoms with Crippen LogP contribution in [-0.4, -0.2) is 65.7 Å². The van der Waals surface area contributed by atoms with Crippen molar-refractivity contribution in [2.24, 2.45) is 0 Å². The highest BCUT2D eigenvalue weighted by atomic mass is 16.2. The summed E-state index contributed by atoms with van der Waals surface area (Å²) in [5.74, 6) is 0.144. The van der Waals surface area contributed by atoms with Crippen molar-refractivity contribution in [3.8, 4) is 0 Å². The number of H-pyrrole nitrogens is 1. The molecule has 4 rings (SSSR count). The molecule has 0 bridgehead atoms. The molecule has 1 aliphatic heterocycles. The van der Waals surface area contributed by atoms with E-state index in [0.717, 1.165) is 54.0 Å². The van der Waals surface area contributed by atoms with Crippen LogP contribution in [0.3, 0.4) is 0 Å². The van der Waals surface area contributed by atoms with Crippen LogP contribution in [0.25, 0.3) is 10.9 Å². The number of aryl methyl sites for hydroxylation is 1. The maximum atomic E-state index is 12.9. The van der Waals surface area contributed by atoms with Gasteiger partial charge in [0.25, 0.3) is 0 Å². The van der Waals surface area contributed by atoms with Gasteiger partial charge in [-0.05, 0) is 25.1 Å². The number of carbonyl (C=O) groups excluding carboxylic acids is 2. The van der Waals surface area contributed by atoms with Crippen molar-refractivity contribution in [2.45, 2.75) is 6.92 Å². The quantitative estimate of drug-likeness (QED) is 0.635. The molecular weight excluding hydrogens is 364 g/mol. The summed E-state index contributed by atoms with van der Waals surface area (Å²) in [7, 11) is 0. The van der Waals surface area contributed by atoms with Crippen molar-refractivity contribution < 1.29 is 9.59 Å². The van der Waals surface area contributed by atoms with Crippen molar-refractivity contribution in [1.82, 2.24) is 14.8 Å². The van der Waals surface area contributed by atoms with Gasteiger partial charge in [-0.2, -0.15) is 0 Å². The third kappa shape index (κ3) is 4.55. The lowest BCUT2D eigenvalue weighted by atomic mass is 10.1. The van der Waals surface area contributed by atoms with E-state index in [4.69, 9.17) is 0 Å². The first-order valence-electron chi connectivity index (χ1n) is 10.0. The molecule has 0 atom stereocenters. The molecule has 1 saturated heterocycles. The molecule has 3 aromatic rings. The Balaban J connectivity index is 1.29. The van der Waals surface area contributed by atoms with Crippen LogP contribution in [0.4, 0.5) is 5.69 Å². The Morgan fingerprint density at radius 1 is 0.897 bits per heavy atom. The molecule has 0 saturated carbocycles. The van der Waals surface area contributed by atoms with Crippen LogP contribution < -0.4 is 5.32 Å². The monoisotopic (exact) mass is 390 g/mol. The molecule has 1 aliphatic rings. The summed E-state index contributed by atoms with van der Waals surface area (Å²) in [6.45, 7) is 5.86. The summed E-state index contributed by atoms with van der Waals surface area (Å²) in [5.41, 5.74) is 3.54. The molecule has 29 heavy (non-hydrogen) atoms. The fourth-order valence-electron chi connectivity index (χ4n) is 3.95. The van der Waals surface area contributed by atoms with Gasteiger partial charge in [-0.1, -0.05) is 36.4 Å². The number of nitrogens with zero attached hydrogens (tertiary/aromatic N) is 2. The Bertz CT molecular complexity index is 1000. The normalized spacial score (nSPS) is 15.5. The van der Waals surface area contributed by atoms with E-state index in [-0.39, 0.29) is 11.7 Å². The molecule has 150 valence electrons. The SMILES string of the molecule is Cc1[nH]c2ccccc2c1C(=O)CN1CCN(CC(=O)Nc2ccccc2)CC1. The highest BCUT2D eigenvalue weighted by Crippen LogP contribution is 2.22. The smallest absolute Gasteiger partial charge is 0.238 e. The van der Waals surface area contributed by atoms with Crippen LogP contribution >= 0.6 is 0 Å². The lowest BCUT2D eigenvalue weighted by Gasteiger charge is -2.33. The summed E-state index contributed by atoms with van der Waals surface area (Å²) in [6, 6.07) is 17.4. The zero-order valence-electron chi connectivity index (χ0n) is 16.6. The molecule has 2 aromatic carbocycles. The molecule has 2 heterocycles. The maximum Gasteiger partial charge on any atom is 0.238 e. The molecule has 1 aromatic heterocycles. The van der Waals surface area contributed by atoms with E-state index in [1.54, 1.807) is 0 Å². The largest absolute Gasteiger partial charge is 0.358 e. The number of rotatable bonds is 6. The van der Waals surface area contributed by atoms with E-state index in [0.29, 0.717) is 13.1 Å². The number of fused-ring (bicyclic) bond motifs is 1. The van der Waals surface area contributed by atoms with Crippen LogP contribution in [0, 0.1) is 6.92 Å². The van der Waals surface area contributed by atoms with Gasteiger partial charge in [0.2, 0.25) is 5.91 Å². The summed E-state index contributed by atoms with van der Waals surface area (Å²) >= 11 is 0. The van der Waals surface area contributed by atoms with Gasteiger partial charge in [-0.15, -0.1) is 0 Å². The molecule has 6 heteroatoms. The number of amides is 1. The van der Waals surface area contributed by atoms with E-state index in [2.05, 4.69) is 20.1 Å². The molecule has 1 fully saturated rings. The van der Waals surface area contributed by atoms with Gasteiger partial charge in [0.05, 0.1) is 13.1 Å². The number of aromatic amines is 1. The number of ketones is 1. The van der Waals surface area contributed by atoms with E-state index < -0.39 is 0 Å². The lowest BCUT2D eigenvalue weighted by Crippen LogP contribution is -2.49. The van der Waals surface area contributed by atoms with E-state index in [1.165, 1.54) is 0 Å². The number of para-hydroxylation sites is 2. The summed E-state index contributed by atoms with van der Waals surface area (Å²) in [6.07, 6.45) is 0. The minimum atomic E-state index is -0.00450. The number of piperazine rings is 1. The van der Waals surface area contributed by atoms with Crippen molar-refractivity contribution in [2.75, 3.05) is 44.6 Å². The first-order valence-corrected chi connectivity index (χ1v) is 10.0. The standard InChI is InChI=1S/C23H26N4O2/c1-17-23(19-9-5-6-10-20(19)24-17)21(28)15-26-11-13-27(14-12-26)16-22(29)25-18-7-3-2-4-8-18/h2-10,24H,11-16H2,1H3,(H,25,29). The number of hydrogen-bond acceptors (Lipinski definition) is 4. The van der Waals surface area contributed by atoms with Crippen LogP contribution in [0.2, 0.25) is 0 Å². The molecule has 0 aliphatic carbocycles. The number of benzene rings is 2. The number of aromatic nitrogens is 1. The van der Waals surface area contributed by atoms with Crippen LogP contribution in [0.1, 0.15) is 16.1 Å². The Kier molecular flexibility index (Phi) is 5.74. The summed E-state index contributed by atoms with van der Waals surface area (Å²) in [4.78, 5) is 32.8. The van der Waals surface area contributed by atoms with Crippen molar-refractivity contribution in [3.05, 3.63) is 65.9 Å². The van der Waals surface area contributed by atoms with Crippen molar-refractivity contribution in [3.63, 3.8) is 0 Å². The highest BCUT2D eigenvalue weighted by molar-refractivity contribution is 6.10. The fourth-order valence-corrected chi connectivity index (χ4v) is 3.95. The number of nitrogens with one attached hydrogen (secondary N) is 2. The first kappa shape index (κ1) is 19.4. The molecule has 0 unspecified atom stereocenters. The molecule has 6 nitrogen and oxygen atoms in total. The van der Waals surface area contributed by atoms with Crippen LogP contribution in [0.15, 0.2) is 54.6 Å². The van der Waals surface area contributed by atoms with Gasteiger partial charge in [0, 0.05) is 54.0 Å². The molecule has 0 spiro atoms. The predicted octanol–water partition coefficient (Wildman–Crippen LogP) is 2.92. The van der Waals surface area contributed by atoms with Gasteiger partial charge in [0.15, 0.2) is 5.78 Å². The second-order valence-electron chi connectivity index (χ2n) is 7.56.